The van der Waals surface area contributed by atoms with E-state index >= 15 is 0 Å². The average molecular weight is 368 g/mol. The topological polar surface area (TPSA) is 88.1 Å². The Hall–Kier alpha value is -2.87. The molecule has 1 aromatic carbocycles. The molecule has 27 heavy (non-hydrogen) atoms. The number of amides is 1. The minimum atomic E-state index is -0.115. The Morgan fingerprint density at radius 2 is 2.07 bits per heavy atom. The lowest BCUT2D eigenvalue weighted by molar-refractivity contribution is 0.0951. The third-order valence-electron chi connectivity index (χ3n) is 5.12. The molecule has 1 amide bonds. The van der Waals surface area contributed by atoms with Gasteiger partial charge in [-0.05, 0) is 32.0 Å². The Morgan fingerprint density at radius 1 is 1.30 bits per heavy atom. The summed E-state index contributed by atoms with van der Waals surface area (Å²) >= 11 is 0. The molecule has 3 heterocycles. The molecule has 3 aromatic rings. The maximum absolute atomic E-state index is 12.6. The Labute approximate surface area is 157 Å². The van der Waals surface area contributed by atoms with Crippen molar-refractivity contribution in [2.45, 2.75) is 20.4 Å². The minimum Gasteiger partial charge on any atom is -0.378 e. The molecule has 0 spiro atoms. The zero-order chi connectivity index (χ0) is 19.0. The van der Waals surface area contributed by atoms with Gasteiger partial charge in [0, 0.05) is 43.5 Å². The Bertz CT molecular complexity index is 964. The van der Waals surface area contributed by atoms with E-state index in [0.717, 1.165) is 47.0 Å². The molecule has 1 saturated heterocycles. The van der Waals surface area contributed by atoms with Gasteiger partial charge in [-0.3, -0.25) is 9.89 Å². The largest absolute Gasteiger partial charge is 0.378 e. The number of aromatic nitrogens is 4. The third kappa shape index (κ3) is 3.28. The number of rotatable bonds is 4. The van der Waals surface area contributed by atoms with Crippen LogP contribution < -0.4 is 10.2 Å². The first-order valence-corrected chi connectivity index (χ1v) is 9.12. The van der Waals surface area contributed by atoms with Gasteiger partial charge in [0.2, 0.25) is 5.95 Å². The second-order valence-corrected chi connectivity index (χ2v) is 6.87. The number of ether oxygens (including phenoxy) is 1. The number of nitrogens with one attached hydrogen (secondary N) is 2. The van der Waals surface area contributed by atoms with Crippen LogP contribution in [-0.2, 0) is 18.3 Å². The summed E-state index contributed by atoms with van der Waals surface area (Å²) in [6.45, 7) is 7.41. The van der Waals surface area contributed by atoms with Crippen LogP contribution in [0.2, 0.25) is 0 Å². The molecule has 4 rings (SSSR count). The van der Waals surface area contributed by atoms with E-state index in [0.29, 0.717) is 25.3 Å². The molecule has 8 nitrogen and oxygen atoms in total. The number of fused-ring (bicyclic) bond motifs is 1. The maximum atomic E-state index is 12.6. The summed E-state index contributed by atoms with van der Waals surface area (Å²) in [7, 11) is 2.00. The second-order valence-electron chi connectivity index (χ2n) is 6.87. The van der Waals surface area contributed by atoms with Crippen LogP contribution in [0.4, 0.5) is 5.95 Å². The molecule has 0 unspecified atom stereocenters. The molecule has 0 aliphatic carbocycles. The van der Waals surface area contributed by atoms with Gasteiger partial charge in [0.1, 0.15) is 0 Å². The zero-order valence-corrected chi connectivity index (χ0v) is 15.9. The van der Waals surface area contributed by atoms with Gasteiger partial charge < -0.3 is 19.5 Å². The molecular formula is C19H24N6O2. The van der Waals surface area contributed by atoms with Crippen molar-refractivity contribution in [1.82, 2.24) is 25.1 Å². The van der Waals surface area contributed by atoms with Crippen molar-refractivity contribution in [3.8, 4) is 0 Å². The fourth-order valence-corrected chi connectivity index (χ4v) is 3.48. The Kier molecular flexibility index (Phi) is 4.57. The lowest BCUT2D eigenvalue weighted by Crippen LogP contribution is -2.37. The smallest absolute Gasteiger partial charge is 0.251 e. The number of carbonyl (C=O) groups excluding carboxylic acids is 1. The van der Waals surface area contributed by atoms with E-state index in [-0.39, 0.29) is 5.91 Å². The van der Waals surface area contributed by atoms with Crippen molar-refractivity contribution in [2.75, 3.05) is 31.2 Å². The first kappa shape index (κ1) is 17.5. The van der Waals surface area contributed by atoms with Crippen LogP contribution in [0.5, 0.6) is 0 Å². The highest BCUT2D eigenvalue weighted by molar-refractivity contribution is 5.97. The van der Waals surface area contributed by atoms with Gasteiger partial charge in [0.15, 0.2) is 0 Å². The predicted molar refractivity (Wildman–Crippen MR) is 103 cm³/mol. The molecule has 0 radical (unpaired) electrons. The summed E-state index contributed by atoms with van der Waals surface area (Å²) in [6, 6.07) is 5.65. The molecule has 1 fully saturated rings. The van der Waals surface area contributed by atoms with Crippen molar-refractivity contribution in [3.63, 3.8) is 0 Å². The number of hydrogen-bond acceptors (Lipinski definition) is 5. The predicted octanol–water partition coefficient (Wildman–Crippen LogP) is 1.68. The number of nitrogens with zero attached hydrogens (tertiary/aromatic N) is 4. The SMILES string of the molecule is Cc1n[nH]c(C)c1CNC(=O)c1ccc2c(c1)nc(N1CCOCC1)n2C. The van der Waals surface area contributed by atoms with Gasteiger partial charge in [-0.25, -0.2) is 4.98 Å². The second kappa shape index (κ2) is 7.03. The van der Waals surface area contributed by atoms with E-state index in [1.807, 2.05) is 39.1 Å². The monoisotopic (exact) mass is 368 g/mol. The summed E-state index contributed by atoms with van der Waals surface area (Å²) in [4.78, 5) is 19.6. The summed E-state index contributed by atoms with van der Waals surface area (Å²) in [5.41, 5.74) is 5.34. The van der Waals surface area contributed by atoms with E-state index in [1.54, 1.807) is 0 Å². The highest BCUT2D eigenvalue weighted by Gasteiger charge is 2.18. The summed E-state index contributed by atoms with van der Waals surface area (Å²) in [5, 5.41) is 10.1. The first-order valence-electron chi connectivity index (χ1n) is 9.12. The lowest BCUT2D eigenvalue weighted by Gasteiger charge is -2.27. The molecule has 2 aromatic heterocycles. The molecule has 0 saturated carbocycles. The molecular weight excluding hydrogens is 344 g/mol. The fraction of sp³-hybridized carbons (Fsp3) is 0.421. The lowest BCUT2D eigenvalue weighted by atomic mass is 10.1. The van der Waals surface area contributed by atoms with Crippen LogP contribution in [0.25, 0.3) is 11.0 Å². The number of H-pyrrole nitrogens is 1. The summed E-state index contributed by atoms with van der Waals surface area (Å²) in [5.74, 6) is 0.797. The first-order chi connectivity index (χ1) is 13.0. The molecule has 1 aliphatic rings. The summed E-state index contributed by atoms with van der Waals surface area (Å²) < 4.78 is 7.49. The molecule has 1 aliphatic heterocycles. The van der Waals surface area contributed by atoms with Gasteiger partial charge in [-0.2, -0.15) is 5.10 Å². The van der Waals surface area contributed by atoms with E-state index in [1.165, 1.54) is 0 Å². The van der Waals surface area contributed by atoms with Crippen molar-refractivity contribution < 1.29 is 9.53 Å². The zero-order valence-electron chi connectivity index (χ0n) is 15.9. The number of morpholine rings is 1. The van der Waals surface area contributed by atoms with E-state index in [4.69, 9.17) is 9.72 Å². The van der Waals surface area contributed by atoms with Gasteiger partial charge >= 0.3 is 0 Å². The number of carbonyl (C=O) groups is 1. The fourth-order valence-electron chi connectivity index (χ4n) is 3.48. The van der Waals surface area contributed by atoms with Crippen molar-refractivity contribution >= 4 is 22.9 Å². The van der Waals surface area contributed by atoms with Crippen LogP contribution in [-0.4, -0.2) is 52.0 Å². The van der Waals surface area contributed by atoms with Gasteiger partial charge in [0.05, 0.1) is 29.9 Å². The number of anilines is 1. The standard InChI is InChI=1S/C19H24N6O2/c1-12-15(13(2)23-22-12)11-20-18(26)14-4-5-17-16(10-14)21-19(24(17)3)25-6-8-27-9-7-25/h4-5,10H,6-9,11H2,1-3H3,(H,20,26)(H,22,23). The maximum Gasteiger partial charge on any atom is 0.251 e. The van der Waals surface area contributed by atoms with Crippen LogP contribution >= 0.6 is 0 Å². The molecule has 8 heteroatoms. The van der Waals surface area contributed by atoms with E-state index < -0.39 is 0 Å². The number of aryl methyl sites for hydroxylation is 3. The van der Waals surface area contributed by atoms with E-state index in [9.17, 15) is 4.79 Å². The summed E-state index contributed by atoms with van der Waals surface area (Å²) in [6.07, 6.45) is 0. The Balaban J connectivity index is 1.55. The Morgan fingerprint density at radius 3 is 2.78 bits per heavy atom. The van der Waals surface area contributed by atoms with Crippen molar-refractivity contribution in [1.29, 1.82) is 0 Å². The molecule has 0 atom stereocenters. The third-order valence-corrected chi connectivity index (χ3v) is 5.12. The van der Waals surface area contributed by atoms with Crippen LogP contribution in [0.15, 0.2) is 18.2 Å². The molecule has 142 valence electrons. The van der Waals surface area contributed by atoms with Crippen LogP contribution in [0.3, 0.4) is 0 Å². The van der Waals surface area contributed by atoms with E-state index in [2.05, 4.69) is 25.0 Å². The number of imidazole rings is 1. The van der Waals surface area contributed by atoms with Crippen LogP contribution in [0.1, 0.15) is 27.3 Å². The highest BCUT2D eigenvalue weighted by atomic mass is 16.5. The van der Waals surface area contributed by atoms with Gasteiger partial charge in [-0.1, -0.05) is 0 Å². The van der Waals surface area contributed by atoms with Gasteiger partial charge in [-0.15, -0.1) is 0 Å². The quantitative estimate of drug-likeness (QED) is 0.732. The van der Waals surface area contributed by atoms with Crippen molar-refractivity contribution in [3.05, 3.63) is 40.7 Å². The molecule has 0 bridgehead atoms. The van der Waals surface area contributed by atoms with Crippen molar-refractivity contribution in [2.24, 2.45) is 7.05 Å². The number of hydrogen-bond donors (Lipinski definition) is 2. The highest BCUT2D eigenvalue weighted by Crippen LogP contribution is 2.23. The average Bonchev–Trinajstić information content (AvgIpc) is 3.19. The number of aromatic amines is 1. The molecule has 2 N–H and O–H groups in total. The van der Waals surface area contributed by atoms with Gasteiger partial charge in [0.25, 0.3) is 5.91 Å². The van der Waals surface area contributed by atoms with Crippen LogP contribution in [0, 0.1) is 13.8 Å². The normalized spacial score (nSPS) is 14.7. The number of benzene rings is 1. The minimum absolute atomic E-state index is 0.115.